The number of hydrogen-bond acceptors (Lipinski definition) is 3. The average molecular weight is 291 g/mol. The van der Waals surface area contributed by atoms with E-state index in [-0.39, 0.29) is 10.6 Å². The van der Waals surface area contributed by atoms with Gasteiger partial charge in [-0.3, -0.25) is 0 Å². The van der Waals surface area contributed by atoms with Crippen molar-refractivity contribution >= 4 is 17.3 Å². The Morgan fingerprint density at radius 1 is 1.25 bits per heavy atom. The summed E-state index contributed by atoms with van der Waals surface area (Å²) in [6, 6.07) is 12.8. The predicted molar refractivity (Wildman–Crippen MR) is 76.4 cm³/mol. The molecule has 1 unspecified atom stereocenters. The van der Waals surface area contributed by atoms with E-state index >= 15 is 0 Å². The molecule has 102 valence electrons. The van der Waals surface area contributed by atoms with Gasteiger partial charge in [0.25, 0.3) is 0 Å². The number of halogens is 2. The molecule has 0 fully saturated rings. The number of nitriles is 1. The van der Waals surface area contributed by atoms with E-state index < -0.39 is 11.9 Å². The molecule has 1 atom stereocenters. The second kappa shape index (κ2) is 6.27. The first-order valence-corrected chi connectivity index (χ1v) is 6.27. The molecule has 0 heterocycles. The molecule has 0 saturated heterocycles. The summed E-state index contributed by atoms with van der Waals surface area (Å²) in [4.78, 5) is 0. The van der Waals surface area contributed by atoms with Crippen LogP contribution in [0.3, 0.4) is 0 Å². The Kier molecular flexibility index (Phi) is 4.44. The van der Waals surface area contributed by atoms with E-state index in [0.717, 1.165) is 0 Å². The summed E-state index contributed by atoms with van der Waals surface area (Å²) in [5, 5.41) is 12.2. The lowest BCUT2D eigenvalue weighted by molar-refractivity contribution is 0.415. The molecule has 0 spiro atoms. The minimum absolute atomic E-state index is 0.000666. The van der Waals surface area contributed by atoms with E-state index in [9.17, 15) is 9.65 Å². The van der Waals surface area contributed by atoms with Gasteiger partial charge < -0.3 is 10.1 Å². The minimum Gasteiger partial charge on any atom is -0.497 e. The molecule has 0 aliphatic carbocycles. The van der Waals surface area contributed by atoms with Gasteiger partial charge in [0.2, 0.25) is 0 Å². The molecule has 0 aromatic heterocycles. The summed E-state index contributed by atoms with van der Waals surface area (Å²) in [5.74, 6) is 0.125. The van der Waals surface area contributed by atoms with Gasteiger partial charge >= 0.3 is 0 Å². The highest BCUT2D eigenvalue weighted by molar-refractivity contribution is 6.30. The van der Waals surface area contributed by atoms with Gasteiger partial charge in [-0.05, 0) is 30.3 Å². The summed E-state index contributed by atoms with van der Waals surface area (Å²) in [7, 11) is 1.57. The van der Waals surface area contributed by atoms with Gasteiger partial charge in [0, 0.05) is 11.3 Å². The number of nitrogens with zero attached hydrogens (tertiary/aromatic N) is 1. The molecular weight excluding hydrogens is 279 g/mol. The Morgan fingerprint density at radius 2 is 1.95 bits per heavy atom. The number of benzene rings is 2. The first kappa shape index (κ1) is 14.2. The van der Waals surface area contributed by atoms with Crippen molar-refractivity contribution in [3.05, 3.63) is 58.9 Å². The van der Waals surface area contributed by atoms with Crippen molar-refractivity contribution in [3.8, 4) is 11.8 Å². The molecule has 2 aromatic carbocycles. The first-order chi connectivity index (χ1) is 9.65. The fourth-order valence-corrected chi connectivity index (χ4v) is 1.96. The second-order valence-electron chi connectivity index (χ2n) is 4.08. The van der Waals surface area contributed by atoms with Gasteiger partial charge in [-0.25, -0.2) is 4.39 Å². The smallest absolute Gasteiger partial charge is 0.148 e. The van der Waals surface area contributed by atoms with E-state index in [1.165, 1.54) is 12.1 Å². The molecular formula is C15H12ClFN2O. The zero-order chi connectivity index (χ0) is 14.5. The van der Waals surface area contributed by atoms with Crippen molar-refractivity contribution in [1.29, 1.82) is 5.26 Å². The fourth-order valence-electron chi connectivity index (χ4n) is 1.78. The zero-order valence-corrected chi connectivity index (χ0v) is 11.5. The Balaban J connectivity index is 2.24. The third kappa shape index (κ3) is 3.01. The van der Waals surface area contributed by atoms with Crippen molar-refractivity contribution in [2.75, 3.05) is 12.4 Å². The van der Waals surface area contributed by atoms with Crippen LogP contribution in [0.5, 0.6) is 5.75 Å². The van der Waals surface area contributed by atoms with Crippen LogP contribution in [-0.2, 0) is 0 Å². The van der Waals surface area contributed by atoms with Gasteiger partial charge in [-0.1, -0.05) is 23.7 Å². The number of rotatable bonds is 4. The maximum absolute atomic E-state index is 13.9. The van der Waals surface area contributed by atoms with Gasteiger partial charge in [-0.15, -0.1) is 0 Å². The van der Waals surface area contributed by atoms with Crippen molar-refractivity contribution in [3.63, 3.8) is 0 Å². The molecule has 0 radical (unpaired) electrons. The van der Waals surface area contributed by atoms with E-state index in [0.29, 0.717) is 11.4 Å². The number of anilines is 1. The highest BCUT2D eigenvalue weighted by atomic mass is 35.5. The Hall–Kier alpha value is -2.25. The molecule has 0 saturated carbocycles. The predicted octanol–water partition coefficient (Wildman–Crippen LogP) is 4.16. The quantitative estimate of drug-likeness (QED) is 0.919. The Bertz CT molecular complexity index is 637. The third-order valence-electron chi connectivity index (χ3n) is 2.82. The number of ether oxygens (including phenoxy) is 1. The van der Waals surface area contributed by atoms with Crippen LogP contribution in [0.25, 0.3) is 0 Å². The third-order valence-corrected chi connectivity index (χ3v) is 3.11. The Labute approximate surface area is 121 Å². The number of nitrogens with one attached hydrogen (secondary N) is 1. The van der Waals surface area contributed by atoms with Crippen LogP contribution in [0.1, 0.15) is 11.6 Å². The van der Waals surface area contributed by atoms with Crippen molar-refractivity contribution in [2.24, 2.45) is 0 Å². The van der Waals surface area contributed by atoms with E-state index in [4.69, 9.17) is 16.3 Å². The maximum atomic E-state index is 13.9. The molecule has 0 amide bonds. The monoisotopic (exact) mass is 290 g/mol. The molecule has 0 aliphatic rings. The second-order valence-corrected chi connectivity index (χ2v) is 4.49. The van der Waals surface area contributed by atoms with Gasteiger partial charge in [0.05, 0.1) is 18.2 Å². The normalized spacial score (nSPS) is 11.5. The Morgan fingerprint density at radius 3 is 2.55 bits per heavy atom. The highest BCUT2D eigenvalue weighted by Gasteiger charge is 2.16. The van der Waals surface area contributed by atoms with Crippen LogP contribution in [-0.4, -0.2) is 7.11 Å². The lowest BCUT2D eigenvalue weighted by Crippen LogP contribution is -2.10. The molecule has 3 nitrogen and oxygen atoms in total. The SMILES string of the molecule is COc1ccc(NC(C#N)c2cccc(Cl)c2F)cc1. The summed E-state index contributed by atoms with van der Waals surface area (Å²) >= 11 is 5.73. The van der Waals surface area contributed by atoms with Crippen molar-refractivity contribution < 1.29 is 9.13 Å². The zero-order valence-electron chi connectivity index (χ0n) is 10.7. The van der Waals surface area contributed by atoms with Crippen molar-refractivity contribution in [1.82, 2.24) is 0 Å². The number of methoxy groups -OCH3 is 1. The standard InChI is InChI=1S/C15H12ClFN2O/c1-20-11-7-5-10(6-8-11)19-14(9-18)12-3-2-4-13(16)15(12)17/h2-8,14,19H,1H3. The largest absolute Gasteiger partial charge is 0.497 e. The molecule has 1 N–H and O–H groups in total. The van der Waals surface area contributed by atoms with Crippen molar-refractivity contribution in [2.45, 2.75) is 6.04 Å². The van der Waals surface area contributed by atoms with Crippen LogP contribution in [0.4, 0.5) is 10.1 Å². The lowest BCUT2D eigenvalue weighted by Gasteiger charge is -2.14. The molecule has 0 aliphatic heterocycles. The minimum atomic E-state index is -0.818. The highest BCUT2D eigenvalue weighted by Crippen LogP contribution is 2.26. The van der Waals surface area contributed by atoms with Crippen LogP contribution < -0.4 is 10.1 Å². The summed E-state index contributed by atoms with van der Waals surface area (Å²) < 4.78 is 19.0. The molecule has 20 heavy (non-hydrogen) atoms. The van der Waals surface area contributed by atoms with E-state index in [1.54, 1.807) is 37.4 Å². The topological polar surface area (TPSA) is 45.0 Å². The molecule has 2 rings (SSSR count). The van der Waals surface area contributed by atoms with Gasteiger partial charge in [0.15, 0.2) is 0 Å². The number of hydrogen-bond donors (Lipinski definition) is 1. The average Bonchev–Trinajstić information content (AvgIpc) is 2.48. The summed E-state index contributed by atoms with van der Waals surface area (Å²) in [6.45, 7) is 0. The van der Waals surface area contributed by atoms with Gasteiger partial charge in [0.1, 0.15) is 17.6 Å². The van der Waals surface area contributed by atoms with Crippen LogP contribution in [0, 0.1) is 17.1 Å². The van der Waals surface area contributed by atoms with Crippen LogP contribution >= 0.6 is 11.6 Å². The summed E-state index contributed by atoms with van der Waals surface area (Å²) in [6.07, 6.45) is 0. The maximum Gasteiger partial charge on any atom is 0.148 e. The fraction of sp³-hybridized carbons (Fsp3) is 0.133. The summed E-state index contributed by atoms with van der Waals surface area (Å²) in [5.41, 5.74) is 0.910. The first-order valence-electron chi connectivity index (χ1n) is 5.90. The van der Waals surface area contributed by atoms with E-state index in [2.05, 4.69) is 5.32 Å². The van der Waals surface area contributed by atoms with Crippen LogP contribution in [0.15, 0.2) is 42.5 Å². The van der Waals surface area contributed by atoms with E-state index in [1.807, 2.05) is 6.07 Å². The van der Waals surface area contributed by atoms with Crippen LogP contribution in [0.2, 0.25) is 5.02 Å². The lowest BCUT2D eigenvalue weighted by atomic mass is 10.1. The molecule has 5 heteroatoms. The molecule has 2 aromatic rings. The molecule has 0 bridgehead atoms. The van der Waals surface area contributed by atoms with Gasteiger partial charge in [-0.2, -0.15) is 5.26 Å².